The summed E-state index contributed by atoms with van der Waals surface area (Å²) in [6.07, 6.45) is 4.01. The second kappa shape index (κ2) is 6.85. The van der Waals surface area contributed by atoms with Gasteiger partial charge in [-0.3, -0.25) is 4.79 Å². The lowest BCUT2D eigenvalue weighted by molar-refractivity contribution is -0.145. The largest absolute Gasteiger partial charge is 0.465 e. The minimum atomic E-state index is -0.542. The molecule has 0 radical (unpaired) electrons. The van der Waals surface area contributed by atoms with Crippen molar-refractivity contribution in [2.24, 2.45) is 5.73 Å². The molecule has 0 spiro atoms. The highest BCUT2D eigenvalue weighted by atomic mass is 16.5. The zero-order valence-corrected chi connectivity index (χ0v) is 7.58. The summed E-state index contributed by atoms with van der Waals surface area (Å²) in [4.78, 5) is 11.0. The zero-order valence-electron chi connectivity index (χ0n) is 7.58. The van der Waals surface area contributed by atoms with Crippen LogP contribution in [-0.4, -0.2) is 18.6 Å². The molecule has 0 bridgehead atoms. The molecule has 3 nitrogen and oxygen atoms in total. The standard InChI is InChI=1S/C9H17NO2/c1-3-5-7-12-9(11)8(10)6-4-2/h4,8H,2-3,5-7,10H2,1H3. The van der Waals surface area contributed by atoms with Gasteiger partial charge < -0.3 is 10.5 Å². The van der Waals surface area contributed by atoms with E-state index in [9.17, 15) is 4.79 Å². The van der Waals surface area contributed by atoms with E-state index < -0.39 is 6.04 Å². The molecule has 0 aliphatic rings. The number of hydrogen-bond donors (Lipinski definition) is 1. The molecule has 0 fully saturated rings. The summed E-state index contributed by atoms with van der Waals surface area (Å²) in [5.74, 6) is -0.330. The van der Waals surface area contributed by atoms with Crippen molar-refractivity contribution in [3.63, 3.8) is 0 Å². The molecule has 3 heteroatoms. The summed E-state index contributed by atoms with van der Waals surface area (Å²) in [5, 5.41) is 0. The number of carbonyl (C=O) groups is 1. The Kier molecular flexibility index (Phi) is 6.38. The molecular weight excluding hydrogens is 154 g/mol. The van der Waals surface area contributed by atoms with Gasteiger partial charge in [0.05, 0.1) is 6.61 Å². The van der Waals surface area contributed by atoms with E-state index in [1.54, 1.807) is 6.08 Å². The van der Waals surface area contributed by atoms with Crippen LogP contribution >= 0.6 is 0 Å². The third-order valence-electron chi connectivity index (χ3n) is 1.47. The van der Waals surface area contributed by atoms with Crippen LogP contribution in [0.1, 0.15) is 26.2 Å². The van der Waals surface area contributed by atoms with Gasteiger partial charge >= 0.3 is 5.97 Å². The molecule has 70 valence electrons. The number of rotatable bonds is 6. The van der Waals surface area contributed by atoms with Gasteiger partial charge in [-0.1, -0.05) is 19.4 Å². The lowest BCUT2D eigenvalue weighted by atomic mass is 10.2. The average Bonchev–Trinajstić information content (AvgIpc) is 2.05. The first-order valence-corrected chi connectivity index (χ1v) is 4.25. The molecule has 0 heterocycles. The van der Waals surface area contributed by atoms with E-state index in [4.69, 9.17) is 10.5 Å². The predicted molar refractivity (Wildman–Crippen MR) is 48.7 cm³/mol. The van der Waals surface area contributed by atoms with Crippen molar-refractivity contribution < 1.29 is 9.53 Å². The van der Waals surface area contributed by atoms with Gasteiger partial charge in [0.15, 0.2) is 0 Å². The summed E-state index contributed by atoms with van der Waals surface area (Å²) in [6, 6.07) is -0.542. The maximum atomic E-state index is 11.0. The number of esters is 1. The highest BCUT2D eigenvalue weighted by Crippen LogP contribution is 1.95. The zero-order chi connectivity index (χ0) is 9.40. The van der Waals surface area contributed by atoms with Crippen LogP contribution in [0.2, 0.25) is 0 Å². The number of hydrogen-bond acceptors (Lipinski definition) is 3. The SMILES string of the molecule is C=CCC(N)C(=O)OCCCC. The van der Waals surface area contributed by atoms with E-state index >= 15 is 0 Å². The van der Waals surface area contributed by atoms with Crippen molar-refractivity contribution in [2.45, 2.75) is 32.2 Å². The van der Waals surface area contributed by atoms with Crippen LogP contribution < -0.4 is 5.73 Å². The molecule has 0 aromatic heterocycles. The van der Waals surface area contributed by atoms with E-state index in [1.165, 1.54) is 0 Å². The molecule has 1 atom stereocenters. The number of nitrogens with two attached hydrogens (primary N) is 1. The fourth-order valence-electron chi connectivity index (χ4n) is 0.700. The normalized spacial score (nSPS) is 12.2. The van der Waals surface area contributed by atoms with Crippen molar-refractivity contribution in [2.75, 3.05) is 6.61 Å². The van der Waals surface area contributed by atoms with E-state index in [0.717, 1.165) is 12.8 Å². The summed E-state index contributed by atoms with van der Waals surface area (Å²) in [7, 11) is 0. The third-order valence-corrected chi connectivity index (χ3v) is 1.47. The van der Waals surface area contributed by atoms with Crippen LogP contribution in [0.25, 0.3) is 0 Å². The quantitative estimate of drug-likeness (QED) is 0.371. The van der Waals surface area contributed by atoms with Crippen molar-refractivity contribution in [3.8, 4) is 0 Å². The summed E-state index contributed by atoms with van der Waals surface area (Å²) >= 11 is 0. The lowest BCUT2D eigenvalue weighted by Gasteiger charge is -2.08. The number of unbranched alkanes of at least 4 members (excludes halogenated alkanes) is 1. The predicted octanol–water partition coefficient (Wildman–Crippen LogP) is 1.23. The second-order valence-corrected chi connectivity index (χ2v) is 2.65. The Morgan fingerprint density at radius 3 is 2.92 bits per heavy atom. The Bertz CT molecular complexity index is 145. The van der Waals surface area contributed by atoms with Crippen LogP contribution in [0.15, 0.2) is 12.7 Å². The maximum Gasteiger partial charge on any atom is 0.323 e. The average molecular weight is 171 g/mol. The number of carbonyl (C=O) groups excluding carboxylic acids is 1. The molecule has 0 aromatic carbocycles. The second-order valence-electron chi connectivity index (χ2n) is 2.65. The van der Waals surface area contributed by atoms with Crippen LogP contribution in [-0.2, 0) is 9.53 Å². The molecule has 0 rings (SSSR count). The molecule has 2 N–H and O–H groups in total. The Hall–Kier alpha value is -0.830. The van der Waals surface area contributed by atoms with Crippen LogP contribution in [0.3, 0.4) is 0 Å². The highest BCUT2D eigenvalue weighted by molar-refractivity contribution is 5.75. The van der Waals surface area contributed by atoms with Crippen molar-refractivity contribution in [1.29, 1.82) is 0 Å². The van der Waals surface area contributed by atoms with Gasteiger partial charge in [-0.2, -0.15) is 0 Å². The van der Waals surface area contributed by atoms with E-state index in [2.05, 4.69) is 6.58 Å². The smallest absolute Gasteiger partial charge is 0.323 e. The van der Waals surface area contributed by atoms with Gasteiger partial charge in [0.2, 0.25) is 0 Å². The van der Waals surface area contributed by atoms with E-state index in [0.29, 0.717) is 13.0 Å². The van der Waals surface area contributed by atoms with Crippen molar-refractivity contribution in [3.05, 3.63) is 12.7 Å². The van der Waals surface area contributed by atoms with Gasteiger partial charge in [-0.05, 0) is 12.8 Å². The Morgan fingerprint density at radius 2 is 2.42 bits per heavy atom. The van der Waals surface area contributed by atoms with Crippen LogP contribution in [0.5, 0.6) is 0 Å². The molecule has 0 aliphatic carbocycles. The van der Waals surface area contributed by atoms with Gasteiger partial charge in [-0.15, -0.1) is 6.58 Å². The summed E-state index contributed by atoms with van der Waals surface area (Å²) in [6.45, 7) is 6.00. The molecule has 0 aliphatic heterocycles. The molecule has 12 heavy (non-hydrogen) atoms. The summed E-state index contributed by atoms with van der Waals surface area (Å²) in [5.41, 5.74) is 5.46. The molecule has 1 unspecified atom stereocenters. The monoisotopic (exact) mass is 171 g/mol. The first kappa shape index (κ1) is 11.2. The molecular formula is C9H17NO2. The molecule has 0 saturated heterocycles. The topological polar surface area (TPSA) is 52.3 Å². The van der Waals surface area contributed by atoms with Gasteiger partial charge in [0, 0.05) is 0 Å². The Labute approximate surface area is 73.6 Å². The van der Waals surface area contributed by atoms with Crippen molar-refractivity contribution >= 4 is 5.97 Å². The first-order valence-electron chi connectivity index (χ1n) is 4.25. The third kappa shape index (κ3) is 4.91. The molecule has 0 aromatic rings. The molecule has 0 amide bonds. The van der Waals surface area contributed by atoms with Gasteiger partial charge in [0.1, 0.15) is 6.04 Å². The van der Waals surface area contributed by atoms with Crippen LogP contribution in [0.4, 0.5) is 0 Å². The number of ether oxygens (including phenoxy) is 1. The summed E-state index contributed by atoms with van der Waals surface area (Å²) < 4.78 is 4.89. The fraction of sp³-hybridized carbons (Fsp3) is 0.667. The van der Waals surface area contributed by atoms with E-state index in [1.807, 2.05) is 6.92 Å². The highest BCUT2D eigenvalue weighted by Gasteiger charge is 2.11. The van der Waals surface area contributed by atoms with E-state index in [-0.39, 0.29) is 5.97 Å². The maximum absolute atomic E-state index is 11.0. The lowest BCUT2D eigenvalue weighted by Crippen LogP contribution is -2.31. The minimum Gasteiger partial charge on any atom is -0.465 e. The Balaban J connectivity index is 3.49. The van der Waals surface area contributed by atoms with Crippen LogP contribution in [0, 0.1) is 0 Å². The Morgan fingerprint density at radius 1 is 1.75 bits per heavy atom. The van der Waals surface area contributed by atoms with Gasteiger partial charge in [-0.25, -0.2) is 0 Å². The van der Waals surface area contributed by atoms with Crippen molar-refractivity contribution in [1.82, 2.24) is 0 Å². The fourth-order valence-corrected chi connectivity index (χ4v) is 0.700. The minimum absolute atomic E-state index is 0.330. The first-order chi connectivity index (χ1) is 5.72. The van der Waals surface area contributed by atoms with Gasteiger partial charge in [0.25, 0.3) is 0 Å². The molecule has 0 saturated carbocycles.